The molecule has 122 valence electrons. The minimum Gasteiger partial charge on any atom is -0.494 e. The molecule has 1 fully saturated rings. The maximum absolute atomic E-state index is 12.5. The van der Waals surface area contributed by atoms with E-state index in [0.29, 0.717) is 22.6 Å². The van der Waals surface area contributed by atoms with Crippen LogP contribution < -0.4 is 9.64 Å². The first-order chi connectivity index (χ1) is 11.5. The van der Waals surface area contributed by atoms with E-state index >= 15 is 0 Å². The molecule has 1 aromatic heterocycles. The van der Waals surface area contributed by atoms with E-state index in [1.54, 1.807) is 36.5 Å². The van der Waals surface area contributed by atoms with E-state index in [0.717, 1.165) is 18.4 Å². The summed E-state index contributed by atoms with van der Waals surface area (Å²) >= 11 is 0. The lowest BCUT2D eigenvalue weighted by Crippen LogP contribution is -2.27. The van der Waals surface area contributed by atoms with Crippen LogP contribution in [0.1, 0.15) is 28.8 Å². The van der Waals surface area contributed by atoms with Crippen LogP contribution in [0.4, 0.5) is 5.69 Å². The van der Waals surface area contributed by atoms with Gasteiger partial charge < -0.3 is 14.7 Å². The Bertz CT molecular complexity index is 887. The number of anilines is 1. The SMILES string of the molecule is COc1cnccc1-c1cc2c(cc1C(=O)O)N(C)C(=O)C21CC1. The summed E-state index contributed by atoms with van der Waals surface area (Å²) in [6.07, 6.45) is 4.77. The number of ether oxygens (including phenoxy) is 1. The van der Waals surface area contributed by atoms with Gasteiger partial charge in [-0.05, 0) is 36.6 Å². The minimum atomic E-state index is -1.04. The number of methoxy groups -OCH3 is 1. The number of hydrogen-bond acceptors (Lipinski definition) is 4. The number of carboxylic acid groups (broad SMARTS) is 1. The summed E-state index contributed by atoms with van der Waals surface area (Å²) in [5, 5.41) is 9.66. The van der Waals surface area contributed by atoms with Crippen molar-refractivity contribution in [3.05, 3.63) is 41.7 Å². The van der Waals surface area contributed by atoms with Crippen LogP contribution >= 0.6 is 0 Å². The molecule has 1 saturated carbocycles. The van der Waals surface area contributed by atoms with Crippen molar-refractivity contribution in [2.75, 3.05) is 19.1 Å². The van der Waals surface area contributed by atoms with Crippen LogP contribution in [0, 0.1) is 0 Å². The zero-order chi connectivity index (χ0) is 17.1. The number of fused-ring (bicyclic) bond motifs is 2. The number of carbonyl (C=O) groups is 2. The molecular formula is C18H16N2O4. The molecule has 1 spiro atoms. The van der Waals surface area contributed by atoms with Gasteiger partial charge in [0, 0.05) is 30.1 Å². The standard InChI is InChI=1S/C18H16N2O4/c1-20-14-8-12(16(21)22)11(10-3-6-19-9-15(10)24-2)7-13(14)18(4-5-18)17(20)23/h3,6-9H,4-5H2,1-2H3,(H,21,22). The molecule has 0 unspecified atom stereocenters. The molecular weight excluding hydrogens is 308 g/mol. The van der Waals surface area contributed by atoms with E-state index in [1.165, 1.54) is 7.11 Å². The Morgan fingerprint density at radius 3 is 2.71 bits per heavy atom. The summed E-state index contributed by atoms with van der Waals surface area (Å²) in [6, 6.07) is 5.16. The second-order valence-electron chi connectivity index (χ2n) is 6.24. The van der Waals surface area contributed by atoms with Gasteiger partial charge in [-0.1, -0.05) is 0 Å². The first-order valence-corrected chi connectivity index (χ1v) is 7.68. The number of carbonyl (C=O) groups excluding carboxylic acids is 1. The number of rotatable bonds is 3. The molecule has 6 nitrogen and oxygen atoms in total. The Morgan fingerprint density at radius 1 is 1.33 bits per heavy atom. The predicted molar refractivity (Wildman–Crippen MR) is 87.5 cm³/mol. The summed E-state index contributed by atoms with van der Waals surface area (Å²) in [4.78, 5) is 29.9. The van der Waals surface area contributed by atoms with E-state index in [-0.39, 0.29) is 11.5 Å². The van der Waals surface area contributed by atoms with Crippen LogP contribution in [0.25, 0.3) is 11.1 Å². The quantitative estimate of drug-likeness (QED) is 0.938. The molecule has 4 rings (SSSR count). The summed E-state index contributed by atoms with van der Waals surface area (Å²) in [5.41, 5.74) is 2.49. The third-order valence-electron chi connectivity index (χ3n) is 5.00. The summed E-state index contributed by atoms with van der Waals surface area (Å²) < 4.78 is 5.33. The molecule has 0 atom stereocenters. The minimum absolute atomic E-state index is 0.0488. The zero-order valence-electron chi connectivity index (χ0n) is 13.4. The Hall–Kier alpha value is -2.89. The lowest BCUT2D eigenvalue weighted by molar-refractivity contribution is -0.119. The van der Waals surface area contributed by atoms with Gasteiger partial charge in [0.25, 0.3) is 0 Å². The maximum Gasteiger partial charge on any atom is 0.336 e. The van der Waals surface area contributed by atoms with Crippen molar-refractivity contribution in [1.29, 1.82) is 0 Å². The second kappa shape index (κ2) is 4.80. The molecule has 1 N–H and O–H groups in total. The van der Waals surface area contributed by atoms with Crippen molar-refractivity contribution in [2.24, 2.45) is 0 Å². The number of likely N-dealkylation sites (N-methyl/N-ethyl adjacent to an activating group) is 1. The van der Waals surface area contributed by atoms with E-state index in [4.69, 9.17) is 4.74 Å². The molecule has 24 heavy (non-hydrogen) atoms. The number of pyridine rings is 1. The zero-order valence-corrected chi connectivity index (χ0v) is 13.4. The van der Waals surface area contributed by atoms with E-state index in [2.05, 4.69) is 4.98 Å². The van der Waals surface area contributed by atoms with Crippen molar-refractivity contribution >= 4 is 17.6 Å². The number of benzene rings is 1. The third kappa shape index (κ3) is 1.79. The largest absolute Gasteiger partial charge is 0.494 e. The van der Waals surface area contributed by atoms with Crippen molar-refractivity contribution in [3.63, 3.8) is 0 Å². The van der Waals surface area contributed by atoms with Gasteiger partial charge in [-0.2, -0.15) is 0 Å². The fraction of sp³-hybridized carbons (Fsp3) is 0.278. The van der Waals surface area contributed by atoms with Crippen LogP contribution in [-0.4, -0.2) is 36.1 Å². The molecule has 2 heterocycles. The van der Waals surface area contributed by atoms with Crippen molar-refractivity contribution in [3.8, 4) is 16.9 Å². The van der Waals surface area contributed by atoms with Gasteiger partial charge in [0.2, 0.25) is 5.91 Å². The highest BCUT2D eigenvalue weighted by Gasteiger charge is 2.58. The van der Waals surface area contributed by atoms with Gasteiger partial charge in [-0.25, -0.2) is 4.79 Å². The maximum atomic E-state index is 12.5. The van der Waals surface area contributed by atoms with Crippen LogP contribution in [0.2, 0.25) is 0 Å². The summed E-state index contributed by atoms with van der Waals surface area (Å²) in [7, 11) is 3.22. The molecule has 2 aromatic rings. The molecule has 0 radical (unpaired) electrons. The smallest absolute Gasteiger partial charge is 0.336 e. The summed E-state index contributed by atoms with van der Waals surface area (Å²) in [5.74, 6) is -0.487. The number of carboxylic acids is 1. The Morgan fingerprint density at radius 2 is 2.08 bits per heavy atom. The van der Waals surface area contributed by atoms with Crippen LogP contribution in [0.3, 0.4) is 0 Å². The van der Waals surface area contributed by atoms with E-state index < -0.39 is 11.4 Å². The van der Waals surface area contributed by atoms with Crippen LogP contribution in [-0.2, 0) is 10.2 Å². The molecule has 0 bridgehead atoms. The van der Waals surface area contributed by atoms with Crippen molar-refractivity contribution in [2.45, 2.75) is 18.3 Å². The summed E-state index contributed by atoms with van der Waals surface area (Å²) in [6.45, 7) is 0. The predicted octanol–water partition coefficient (Wildman–Crippen LogP) is 2.46. The molecule has 1 aromatic carbocycles. The second-order valence-corrected chi connectivity index (χ2v) is 6.24. The monoisotopic (exact) mass is 324 g/mol. The first kappa shape index (κ1) is 14.7. The van der Waals surface area contributed by atoms with E-state index in [9.17, 15) is 14.7 Å². The fourth-order valence-corrected chi connectivity index (χ4v) is 3.57. The van der Waals surface area contributed by atoms with Crippen LogP contribution in [0.15, 0.2) is 30.6 Å². The third-order valence-corrected chi connectivity index (χ3v) is 5.00. The van der Waals surface area contributed by atoms with Crippen molar-refractivity contribution < 1.29 is 19.4 Å². The lowest BCUT2D eigenvalue weighted by Gasteiger charge is -2.15. The highest BCUT2D eigenvalue weighted by atomic mass is 16.5. The molecule has 1 amide bonds. The van der Waals surface area contributed by atoms with Crippen molar-refractivity contribution in [1.82, 2.24) is 4.98 Å². The van der Waals surface area contributed by atoms with E-state index in [1.807, 2.05) is 6.07 Å². The molecule has 0 saturated heterocycles. The fourth-order valence-electron chi connectivity index (χ4n) is 3.57. The van der Waals surface area contributed by atoms with Gasteiger partial charge in [0.15, 0.2) is 0 Å². The molecule has 6 heteroatoms. The topological polar surface area (TPSA) is 79.7 Å². The lowest BCUT2D eigenvalue weighted by atomic mass is 9.90. The Labute approximate surface area is 138 Å². The first-order valence-electron chi connectivity index (χ1n) is 7.68. The number of aromatic nitrogens is 1. The van der Waals surface area contributed by atoms with Gasteiger partial charge in [0.1, 0.15) is 5.75 Å². The van der Waals surface area contributed by atoms with Gasteiger partial charge in [0.05, 0.1) is 24.3 Å². The Kier molecular flexibility index (Phi) is 2.94. The van der Waals surface area contributed by atoms with Gasteiger partial charge >= 0.3 is 5.97 Å². The highest BCUT2D eigenvalue weighted by molar-refractivity contribution is 6.12. The Balaban J connectivity index is 2.00. The number of amides is 1. The average molecular weight is 324 g/mol. The average Bonchev–Trinajstić information content (AvgIpc) is 3.37. The number of aromatic carboxylic acids is 1. The molecule has 1 aliphatic carbocycles. The van der Waals surface area contributed by atoms with Gasteiger partial charge in [-0.15, -0.1) is 0 Å². The van der Waals surface area contributed by atoms with Crippen LogP contribution in [0.5, 0.6) is 5.75 Å². The number of hydrogen-bond donors (Lipinski definition) is 1. The normalized spacial score (nSPS) is 17.1. The molecule has 2 aliphatic rings. The highest BCUT2D eigenvalue weighted by Crippen LogP contribution is 2.58. The van der Waals surface area contributed by atoms with Gasteiger partial charge in [-0.3, -0.25) is 9.78 Å². The molecule has 1 aliphatic heterocycles. The number of nitrogens with zero attached hydrogens (tertiary/aromatic N) is 2.